The number of cyclic esters (lactones) is 1. The molecule has 64 heavy (non-hydrogen) atoms. The Morgan fingerprint density at radius 2 is 1.66 bits per heavy atom. The molecule has 0 radical (unpaired) electrons. The molecule has 4 aliphatic rings. The molecule has 13 nitrogen and oxygen atoms in total. The molecule has 2 bridgehead atoms. The highest BCUT2D eigenvalue weighted by atomic mass is 16.7. The van der Waals surface area contributed by atoms with E-state index in [0.29, 0.717) is 50.7 Å². The number of nitrogens with two attached hydrogens (primary N) is 1. The summed E-state index contributed by atoms with van der Waals surface area (Å²) in [5.74, 6) is -7.45. The number of esters is 1. The zero-order valence-electron chi connectivity index (χ0n) is 39.5. The number of piperidine rings is 1. The van der Waals surface area contributed by atoms with E-state index in [1.807, 2.05) is 69.3 Å². The van der Waals surface area contributed by atoms with E-state index in [2.05, 4.69) is 13.0 Å². The van der Waals surface area contributed by atoms with Crippen LogP contribution in [-0.2, 0) is 42.9 Å². The Balaban J connectivity index is 1.46. The Bertz CT molecular complexity index is 1820. The third-order valence-electron chi connectivity index (χ3n) is 14.2. The van der Waals surface area contributed by atoms with E-state index in [9.17, 15) is 29.4 Å². The van der Waals surface area contributed by atoms with Crippen LogP contribution in [0, 0.1) is 29.6 Å². The maximum absolute atomic E-state index is 14.5. The number of benzene rings is 1. The highest BCUT2D eigenvalue weighted by Gasteiger charge is 2.56. The van der Waals surface area contributed by atoms with E-state index >= 15 is 0 Å². The van der Waals surface area contributed by atoms with E-state index < -0.39 is 77.8 Å². The van der Waals surface area contributed by atoms with E-state index in [0.717, 1.165) is 24.0 Å². The normalized spacial score (nSPS) is 37.1. The predicted molar refractivity (Wildman–Crippen MR) is 244 cm³/mol. The summed E-state index contributed by atoms with van der Waals surface area (Å²) < 4.78 is 30.7. The number of Topliss-reactive ketones (excluding diaryl/α,β-unsaturated/α-hetero) is 2. The molecular weight excluding hydrogens is 817 g/mol. The van der Waals surface area contributed by atoms with Crippen molar-refractivity contribution in [3.05, 3.63) is 65.3 Å². The molecule has 14 atom stereocenters. The van der Waals surface area contributed by atoms with E-state index in [1.54, 1.807) is 13.8 Å². The van der Waals surface area contributed by atoms with Gasteiger partial charge in [-0.1, -0.05) is 87.9 Å². The number of allylic oxidation sites excluding steroid dienone is 3. The highest BCUT2D eigenvalue weighted by molar-refractivity contribution is 6.39. The molecule has 3 aliphatic heterocycles. The van der Waals surface area contributed by atoms with Crippen LogP contribution in [0.25, 0.3) is 6.08 Å². The van der Waals surface area contributed by atoms with Gasteiger partial charge in [0.15, 0.2) is 0 Å². The first-order valence-corrected chi connectivity index (χ1v) is 23.7. The molecule has 1 aromatic rings. The van der Waals surface area contributed by atoms with Gasteiger partial charge in [-0.15, -0.1) is 0 Å². The van der Waals surface area contributed by atoms with Crippen LogP contribution in [0.4, 0.5) is 0 Å². The summed E-state index contributed by atoms with van der Waals surface area (Å²) in [6.07, 6.45) is 8.89. The fourth-order valence-electron chi connectivity index (χ4n) is 10.3. The minimum absolute atomic E-state index is 0.0283. The molecular formula is C51H76N2O11. The van der Waals surface area contributed by atoms with Crippen LogP contribution in [0.3, 0.4) is 0 Å². The minimum atomic E-state index is -2.51. The van der Waals surface area contributed by atoms with Crippen molar-refractivity contribution in [3.63, 3.8) is 0 Å². The number of carbonyl (C=O) groups excluding carboxylic acids is 4. The molecule has 1 amide bonds. The fourth-order valence-corrected chi connectivity index (χ4v) is 10.3. The molecule has 3 heterocycles. The molecule has 13 heteroatoms. The lowest BCUT2D eigenvalue weighted by Crippen LogP contribution is -2.64. The van der Waals surface area contributed by atoms with Crippen LogP contribution < -0.4 is 5.73 Å². The van der Waals surface area contributed by atoms with Crippen LogP contribution in [0.5, 0.6) is 0 Å². The molecule has 356 valence electrons. The molecule has 4 N–H and O–H groups in total. The second-order valence-corrected chi connectivity index (χ2v) is 19.2. The third-order valence-corrected chi connectivity index (χ3v) is 14.2. The van der Waals surface area contributed by atoms with Crippen molar-refractivity contribution in [1.29, 1.82) is 0 Å². The molecule has 0 aromatic heterocycles. The van der Waals surface area contributed by atoms with Crippen molar-refractivity contribution in [2.75, 3.05) is 27.4 Å². The van der Waals surface area contributed by atoms with E-state index in [1.165, 1.54) is 19.1 Å². The number of aliphatic hydroxyl groups is 2. The van der Waals surface area contributed by atoms with Crippen molar-refractivity contribution in [2.45, 2.75) is 167 Å². The van der Waals surface area contributed by atoms with Gasteiger partial charge in [0.1, 0.15) is 24.0 Å². The van der Waals surface area contributed by atoms with Gasteiger partial charge < -0.3 is 44.5 Å². The van der Waals surface area contributed by atoms with Crippen molar-refractivity contribution < 1.29 is 53.1 Å². The topological polar surface area (TPSA) is 184 Å². The lowest BCUT2D eigenvalue weighted by Gasteiger charge is -2.47. The fraction of sp³-hybridized carbons (Fsp3) is 0.686. The molecule has 14 unspecified atom stereocenters. The minimum Gasteiger partial charge on any atom is -0.456 e. The Labute approximate surface area is 381 Å². The van der Waals surface area contributed by atoms with Crippen LogP contribution in [0.1, 0.15) is 118 Å². The average molecular weight is 893 g/mol. The molecule has 1 saturated carbocycles. The van der Waals surface area contributed by atoms with Gasteiger partial charge in [0.25, 0.3) is 11.7 Å². The molecule has 0 spiro atoms. The Kier molecular flexibility index (Phi) is 19.1. The molecule has 1 aliphatic carbocycles. The third kappa shape index (κ3) is 12.9. The molecule has 2 saturated heterocycles. The first kappa shape index (κ1) is 51.4. The molecule has 3 fully saturated rings. The molecule has 5 rings (SSSR count). The number of hydrogen-bond donors (Lipinski definition) is 3. The number of fused-ring (bicyclic) bond motifs is 3. The van der Waals surface area contributed by atoms with Gasteiger partial charge in [-0.05, 0) is 101 Å². The Hall–Kier alpha value is -3.56. The highest BCUT2D eigenvalue weighted by Crippen LogP contribution is 2.39. The first-order valence-electron chi connectivity index (χ1n) is 23.7. The number of ketones is 2. The summed E-state index contributed by atoms with van der Waals surface area (Å²) in [7, 11) is 3.08. The number of amides is 1. The summed E-state index contributed by atoms with van der Waals surface area (Å²) in [6, 6.07) is 8.70. The Morgan fingerprint density at radius 3 is 2.34 bits per heavy atom. The quantitative estimate of drug-likeness (QED) is 0.139. The number of methoxy groups -OCH3 is 2. The number of nitrogens with zero attached hydrogens (tertiary/aromatic N) is 1. The predicted octanol–water partition coefficient (Wildman–Crippen LogP) is 6.52. The SMILES string of the molecule is CCC1C=C(C)CC(C)CC(OC)C2OC(O)(C(=O)C(=O)N3CCCCC3C(=O)OC(C(C)=CC3CCC(N)C(OCC=Cc4ccccc4)C3)C(C)C(O)CC1=O)C(C)CC2OC. The smallest absolute Gasteiger partial charge is 0.329 e. The number of carbonyl (C=O) groups is 4. The summed E-state index contributed by atoms with van der Waals surface area (Å²) in [6.45, 7) is 11.8. The van der Waals surface area contributed by atoms with Crippen LogP contribution >= 0.6 is 0 Å². The average Bonchev–Trinajstić information content (AvgIpc) is 3.28. The molecule has 1 aromatic carbocycles. The maximum Gasteiger partial charge on any atom is 0.329 e. The zero-order chi connectivity index (χ0) is 46.7. The summed E-state index contributed by atoms with van der Waals surface area (Å²) >= 11 is 0. The zero-order valence-corrected chi connectivity index (χ0v) is 39.5. The van der Waals surface area contributed by atoms with Gasteiger partial charge in [0, 0.05) is 51.0 Å². The van der Waals surface area contributed by atoms with Gasteiger partial charge in [-0.25, -0.2) is 4.79 Å². The van der Waals surface area contributed by atoms with E-state index in [4.69, 9.17) is 29.4 Å². The Morgan fingerprint density at radius 1 is 0.953 bits per heavy atom. The van der Waals surface area contributed by atoms with Crippen LogP contribution in [-0.4, -0.2) is 120 Å². The number of ether oxygens (including phenoxy) is 5. The summed E-state index contributed by atoms with van der Waals surface area (Å²) in [4.78, 5) is 58.3. The first-order chi connectivity index (χ1) is 30.5. The van der Waals surface area contributed by atoms with Gasteiger partial charge in [0.2, 0.25) is 5.79 Å². The lowest BCUT2D eigenvalue weighted by atomic mass is 9.81. The van der Waals surface area contributed by atoms with Gasteiger partial charge in [-0.2, -0.15) is 0 Å². The largest absolute Gasteiger partial charge is 0.456 e. The van der Waals surface area contributed by atoms with Crippen molar-refractivity contribution in [2.24, 2.45) is 35.3 Å². The van der Waals surface area contributed by atoms with Gasteiger partial charge in [0.05, 0.1) is 31.0 Å². The lowest BCUT2D eigenvalue weighted by molar-refractivity contribution is -0.302. The van der Waals surface area contributed by atoms with Gasteiger partial charge >= 0.3 is 5.97 Å². The van der Waals surface area contributed by atoms with Crippen molar-refractivity contribution >= 4 is 29.5 Å². The standard InChI is InChI=1S/C51H76N2O11/c1-9-38-25-31(2)24-32(3)26-44(60-7)47-45(61-8)28-34(5)51(59,64-47)48(56)49(57)53-22-14-13-19-40(53)50(58)63-46(35(6)41(54)30-42(38)55)33(4)27-37-20-21-39(52)43(29-37)62-23-15-18-36-16-11-10-12-17-36/h10-12,15-18,25,27,32,34-35,37-41,43-47,54,59H,9,13-14,19-24,26,28-30,52H2,1-8H3. The maximum atomic E-state index is 14.5. The van der Waals surface area contributed by atoms with Crippen LogP contribution in [0.15, 0.2) is 59.7 Å². The van der Waals surface area contributed by atoms with Gasteiger partial charge in [-0.3, -0.25) is 14.4 Å². The van der Waals surface area contributed by atoms with Crippen molar-refractivity contribution in [1.82, 2.24) is 4.90 Å². The number of rotatable bonds is 9. The van der Waals surface area contributed by atoms with Crippen LogP contribution in [0.2, 0.25) is 0 Å². The monoisotopic (exact) mass is 893 g/mol. The number of hydrogen-bond acceptors (Lipinski definition) is 12. The van der Waals surface area contributed by atoms with Crippen molar-refractivity contribution in [3.8, 4) is 0 Å². The second kappa shape index (κ2) is 23.8. The second-order valence-electron chi connectivity index (χ2n) is 19.2. The summed E-state index contributed by atoms with van der Waals surface area (Å²) in [5.41, 5.74) is 9.33. The van der Waals surface area contributed by atoms with E-state index in [-0.39, 0.29) is 55.6 Å². The number of aliphatic hydroxyl groups excluding tert-OH is 1. The summed E-state index contributed by atoms with van der Waals surface area (Å²) in [5, 5.41) is 23.9.